The number of rotatable bonds is 2. The first-order valence-electron chi connectivity index (χ1n) is 8.37. The highest BCUT2D eigenvalue weighted by atomic mass is 16.5. The van der Waals surface area contributed by atoms with Gasteiger partial charge in [0.05, 0.1) is 12.2 Å². The van der Waals surface area contributed by atoms with Crippen molar-refractivity contribution < 1.29 is 4.74 Å². The van der Waals surface area contributed by atoms with Gasteiger partial charge in [-0.15, -0.1) is 0 Å². The highest BCUT2D eigenvalue weighted by Crippen LogP contribution is 2.33. The largest absolute Gasteiger partial charge is 0.490 e. The van der Waals surface area contributed by atoms with Crippen LogP contribution in [-0.4, -0.2) is 25.2 Å². The fraction of sp³-hybridized carbons (Fsp3) is 0.450. The topological polar surface area (TPSA) is 25.4 Å². The van der Waals surface area contributed by atoms with Crippen LogP contribution in [0.1, 0.15) is 50.7 Å². The summed E-state index contributed by atoms with van der Waals surface area (Å²) in [4.78, 5) is 6.24. The van der Waals surface area contributed by atoms with Crippen molar-refractivity contribution in [3.63, 3.8) is 0 Å². The van der Waals surface area contributed by atoms with Crippen LogP contribution in [0.5, 0.6) is 5.75 Å². The van der Waals surface area contributed by atoms with E-state index in [-0.39, 0.29) is 0 Å². The van der Waals surface area contributed by atoms with Crippen LogP contribution in [0.4, 0.5) is 5.69 Å². The van der Waals surface area contributed by atoms with Crippen molar-refractivity contribution in [3.05, 3.63) is 53.9 Å². The Balaban J connectivity index is 0.000000185. The molecule has 1 aliphatic rings. The molecule has 0 spiro atoms. The molecule has 0 unspecified atom stereocenters. The minimum Gasteiger partial charge on any atom is -0.490 e. The molecule has 2 aromatic rings. The zero-order valence-electron chi connectivity index (χ0n) is 14.9. The van der Waals surface area contributed by atoms with Crippen LogP contribution in [0.25, 0.3) is 0 Å². The second kappa shape index (κ2) is 8.00. The predicted octanol–water partition coefficient (Wildman–Crippen LogP) is 4.84. The molecule has 0 bridgehead atoms. The van der Waals surface area contributed by atoms with Gasteiger partial charge in [0.25, 0.3) is 0 Å². The lowest BCUT2D eigenvalue weighted by Crippen LogP contribution is -2.28. The van der Waals surface area contributed by atoms with E-state index in [2.05, 4.69) is 68.9 Å². The molecule has 0 atom stereocenters. The maximum Gasteiger partial charge on any atom is 0.142 e. The van der Waals surface area contributed by atoms with Crippen molar-refractivity contribution in [2.75, 3.05) is 25.1 Å². The van der Waals surface area contributed by atoms with E-state index in [1.807, 2.05) is 12.3 Å². The quantitative estimate of drug-likeness (QED) is 0.793. The van der Waals surface area contributed by atoms with Crippen molar-refractivity contribution in [1.82, 2.24) is 4.98 Å². The highest BCUT2D eigenvalue weighted by Gasteiger charge is 2.15. The average Bonchev–Trinajstić information content (AvgIpc) is 2.56. The van der Waals surface area contributed by atoms with Gasteiger partial charge in [-0.05, 0) is 41.2 Å². The van der Waals surface area contributed by atoms with Crippen molar-refractivity contribution in [2.45, 2.75) is 39.5 Å². The van der Waals surface area contributed by atoms with Crippen LogP contribution in [0, 0.1) is 0 Å². The van der Waals surface area contributed by atoms with Gasteiger partial charge in [0, 0.05) is 19.4 Å². The number of fused-ring (bicyclic) bond motifs is 1. The van der Waals surface area contributed by atoms with E-state index in [1.54, 1.807) is 6.20 Å². The van der Waals surface area contributed by atoms with E-state index in [9.17, 15) is 0 Å². The van der Waals surface area contributed by atoms with Gasteiger partial charge in [-0.3, -0.25) is 4.98 Å². The Kier molecular flexibility index (Phi) is 6.03. The smallest absolute Gasteiger partial charge is 0.142 e. The van der Waals surface area contributed by atoms with Crippen LogP contribution >= 0.6 is 0 Å². The van der Waals surface area contributed by atoms with Crippen molar-refractivity contribution >= 4 is 5.69 Å². The molecular weight excluding hydrogens is 284 g/mol. The Morgan fingerprint density at radius 1 is 1.04 bits per heavy atom. The van der Waals surface area contributed by atoms with E-state index in [1.165, 1.54) is 16.8 Å². The van der Waals surface area contributed by atoms with Crippen molar-refractivity contribution in [1.29, 1.82) is 0 Å². The summed E-state index contributed by atoms with van der Waals surface area (Å²) < 4.78 is 5.64. The summed E-state index contributed by atoms with van der Waals surface area (Å²) >= 11 is 0. The first-order valence-corrected chi connectivity index (χ1v) is 8.37. The standard InChI is InChI=1S/C12H17NO.C8H11N/c1-9(2)10-4-5-11-12(8-10)14-7-6-13(11)3;1-7(2)8-4-3-5-9-6-8/h4-5,8-9H,6-7H2,1-3H3;3-7H,1-2H3. The molecule has 2 heterocycles. The summed E-state index contributed by atoms with van der Waals surface area (Å²) in [5.41, 5.74) is 3.86. The Hall–Kier alpha value is -2.03. The van der Waals surface area contributed by atoms with E-state index >= 15 is 0 Å². The lowest BCUT2D eigenvalue weighted by Gasteiger charge is -2.28. The molecule has 1 aromatic carbocycles. The lowest BCUT2D eigenvalue weighted by atomic mass is 10.0. The Morgan fingerprint density at radius 2 is 1.78 bits per heavy atom. The minimum absolute atomic E-state index is 0.566. The molecule has 0 radical (unpaired) electrons. The number of hydrogen-bond acceptors (Lipinski definition) is 3. The molecule has 1 aliphatic heterocycles. The van der Waals surface area contributed by atoms with Gasteiger partial charge in [0.2, 0.25) is 0 Å². The predicted molar refractivity (Wildman–Crippen MR) is 97.6 cm³/mol. The zero-order chi connectivity index (χ0) is 16.8. The molecule has 3 nitrogen and oxygen atoms in total. The number of nitrogens with zero attached hydrogens (tertiary/aromatic N) is 2. The Bertz CT molecular complexity index is 608. The van der Waals surface area contributed by atoms with Crippen LogP contribution in [0.2, 0.25) is 0 Å². The van der Waals surface area contributed by atoms with Crippen LogP contribution in [0.3, 0.4) is 0 Å². The average molecular weight is 312 g/mol. The third-order valence-electron chi connectivity index (χ3n) is 4.10. The molecule has 0 aliphatic carbocycles. The third kappa shape index (κ3) is 4.72. The monoisotopic (exact) mass is 312 g/mol. The van der Waals surface area contributed by atoms with E-state index < -0.39 is 0 Å². The summed E-state index contributed by atoms with van der Waals surface area (Å²) in [6, 6.07) is 10.6. The van der Waals surface area contributed by atoms with Crippen LogP contribution < -0.4 is 9.64 Å². The molecule has 1 aromatic heterocycles. The van der Waals surface area contributed by atoms with E-state index in [0.717, 1.165) is 18.9 Å². The van der Waals surface area contributed by atoms with E-state index in [0.29, 0.717) is 11.8 Å². The fourth-order valence-corrected chi connectivity index (χ4v) is 2.45. The van der Waals surface area contributed by atoms with Gasteiger partial charge >= 0.3 is 0 Å². The number of hydrogen-bond donors (Lipinski definition) is 0. The molecular formula is C20H28N2O. The highest BCUT2D eigenvalue weighted by molar-refractivity contribution is 5.60. The van der Waals surface area contributed by atoms with Gasteiger partial charge in [0.15, 0.2) is 0 Å². The van der Waals surface area contributed by atoms with Crippen LogP contribution in [-0.2, 0) is 0 Å². The summed E-state index contributed by atoms with van der Waals surface area (Å²) in [6.45, 7) is 10.5. The maximum atomic E-state index is 5.64. The number of likely N-dealkylation sites (N-methyl/N-ethyl adjacent to an activating group) is 1. The maximum absolute atomic E-state index is 5.64. The minimum atomic E-state index is 0.566. The molecule has 23 heavy (non-hydrogen) atoms. The van der Waals surface area contributed by atoms with Gasteiger partial charge < -0.3 is 9.64 Å². The molecule has 0 fully saturated rings. The van der Waals surface area contributed by atoms with Crippen molar-refractivity contribution in [3.8, 4) is 5.75 Å². The lowest BCUT2D eigenvalue weighted by molar-refractivity contribution is 0.311. The molecule has 3 heteroatoms. The van der Waals surface area contributed by atoms with Crippen molar-refractivity contribution in [2.24, 2.45) is 0 Å². The molecule has 0 saturated carbocycles. The normalized spacial score (nSPS) is 13.3. The summed E-state index contributed by atoms with van der Waals surface area (Å²) in [5, 5.41) is 0. The Morgan fingerprint density at radius 3 is 2.35 bits per heavy atom. The van der Waals surface area contributed by atoms with Gasteiger partial charge in [0.1, 0.15) is 12.4 Å². The van der Waals surface area contributed by atoms with Gasteiger partial charge in [-0.2, -0.15) is 0 Å². The van der Waals surface area contributed by atoms with Crippen LogP contribution in [0.15, 0.2) is 42.7 Å². The van der Waals surface area contributed by atoms with Gasteiger partial charge in [-0.25, -0.2) is 0 Å². The number of benzene rings is 1. The Labute approximate surface area is 140 Å². The second-order valence-corrected chi connectivity index (χ2v) is 6.59. The SMILES string of the molecule is CC(C)c1ccc2c(c1)OCCN2C.CC(C)c1cccnc1. The molecule has 124 valence electrons. The second-order valence-electron chi connectivity index (χ2n) is 6.59. The fourth-order valence-electron chi connectivity index (χ4n) is 2.45. The summed E-state index contributed by atoms with van der Waals surface area (Å²) in [7, 11) is 2.11. The zero-order valence-corrected chi connectivity index (χ0v) is 14.9. The first kappa shape index (κ1) is 17.3. The molecule has 0 amide bonds. The number of ether oxygens (including phenoxy) is 1. The number of pyridine rings is 1. The molecule has 3 rings (SSSR count). The van der Waals surface area contributed by atoms with Gasteiger partial charge in [-0.1, -0.05) is 39.8 Å². The molecule has 0 saturated heterocycles. The first-order chi connectivity index (χ1) is 11.0. The summed E-state index contributed by atoms with van der Waals surface area (Å²) in [6.07, 6.45) is 3.70. The van der Waals surface area contributed by atoms with E-state index in [4.69, 9.17) is 4.74 Å². The number of anilines is 1. The summed E-state index contributed by atoms with van der Waals surface area (Å²) in [5.74, 6) is 2.19. The third-order valence-corrected chi connectivity index (χ3v) is 4.10. The molecule has 0 N–H and O–H groups in total. The number of aromatic nitrogens is 1.